The quantitative estimate of drug-likeness (QED) is 0.176. The van der Waals surface area contributed by atoms with Crippen LogP contribution in [-0.4, -0.2) is 9.13 Å². The second-order valence-electron chi connectivity index (χ2n) is 14.5. The summed E-state index contributed by atoms with van der Waals surface area (Å²) in [5, 5.41) is 7.76. The van der Waals surface area contributed by atoms with E-state index in [4.69, 9.17) is 0 Å². The van der Waals surface area contributed by atoms with E-state index in [1.165, 1.54) is 109 Å². The number of hydrogen-bond donors (Lipinski definition) is 0. The third kappa shape index (κ3) is 4.57. The summed E-state index contributed by atoms with van der Waals surface area (Å²) < 4.78 is 4.84. The van der Waals surface area contributed by atoms with E-state index in [-0.39, 0.29) is 0 Å². The molecule has 0 fully saturated rings. The van der Waals surface area contributed by atoms with Crippen LogP contribution in [0.15, 0.2) is 204 Å². The molecule has 0 N–H and O–H groups in total. The Labute approximate surface area is 322 Å². The number of aromatic nitrogens is 2. The van der Waals surface area contributed by atoms with Gasteiger partial charge in [0.15, 0.2) is 0 Å². The van der Waals surface area contributed by atoms with Crippen molar-refractivity contribution in [1.82, 2.24) is 9.13 Å². The van der Waals surface area contributed by atoms with Gasteiger partial charge in [0.25, 0.3) is 0 Å². The van der Waals surface area contributed by atoms with E-state index in [9.17, 15) is 0 Å². The van der Waals surface area contributed by atoms with E-state index in [0.29, 0.717) is 0 Å². The fraction of sp³-hybridized carbons (Fsp3) is 0. The van der Waals surface area contributed by atoms with E-state index in [1.807, 2.05) is 11.8 Å². The third-order valence-corrected chi connectivity index (χ3v) is 12.6. The predicted octanol–water partition coefficient (Wildman–Crippen LogP) is 14.5. The van der Waals surface area contributed by atoms with Crippen LogP contribution in [-0.2, 0) is 0 Å². The molecule has 2 nitrogen and oxygen atoms in total. The molecule has 1 aliphatic rings. The normalized spacial score (nSPS) is 12.3. The van der Waals surface area contributed by atoms with Gasteiger partial charge >= 0.3 is 0 Å². The minimum absolute atomic E-state index is 1.17. The molecule has 0 atom stereocenters. The molecule has 1 aliphatic heterocycles. The summed E-state index contributed by atoms with van der Waals surface area (Å²) in [4.78, 5) is 2.59. The molecular formula is C52H32N2S. The van der Waals surface area contributed by atoms with Crippen molar-refractivity contribution in [2.75, 3.05) is 0 Å². The lowest BCUT2D eigenvalue weighted by Crippen LogP contribution is -1.97. The van der Waals surface area contributed by atoms with Crippen LogP contribution in [0.1, 0.15) is 0 Å². The highest BCUT2D eigenvalue weighted by atomic mass is 32.2. The first kappa shape index (κ1) is 30.6. The fourth-order valence-corrected chi connectivity index (χ4v) is 10.2. The average molecular weight is 717 g/mol. The van der Waals surface area contributed by atoms with Crippen LogP contribution in [0.2, 0.25) is 0 Å². The number of para-hydroxylation sites is 3. The molecule has 0 bridgehead atoms. The van der Waals surface area contributed by atoms with Gasteiger partial charge in [0.05, 0.1) is 22.1 Å². The summed E-state index contributed by atoms with van der Waals surface area (Å²) in [7, 11) is 0. The summed E-state index contributed by atoms with van der Waals surface area (Å²) in [6, 6.07) is 71.3. The Balaban J connectivity index is 1.04. The van der Waals surface area contributed by atoms with Crippen LogP contribution in [0.25, 0.3) is 99.1 Å². The van der Waals surface area contributed by atoms with Gasteiger partial charge in [-0.3, -0.25) is 0 Å². The highest BCUT2D eigenvalue weighted by Gasteiger charge is 2.25. The molecule has 11 aromatic rings. The average Bonchev–Trinajstić information content (AvgIpc) is 3.77. The van der Waals surface area contributed by atoms with E-state index in [0.717, 1.165) is 0 Å². The number of fused-ring (bicyclic) bond motifs is 9. The van der Waals surface area contributed by atoms with Gasteiger partial charge in [-0.2, -0.15) is 0 Å². The maximum absolute atomic E-state index is 2.46. The van der Waals surface area contributed by atoms with Crippen molar-refractivity contribution < 1.29 is 0 Å². The SMILES string of the molecule is c1ccc(-c2cccc(-n3c4ccccc4c4c5cccc6c5c(cc43)Sc3ccc(-c4ccc5c(c4)c4ccccc4n5-c4ccccc4)cc3-6)c2)cc1. The Bertz CT molecular complexity index is 3330. The zero-order chi connectivity index (χ0) is 36.0. The number of benzene rings is 9. The molecule has 9 aromatic carbocycles. The minimum atomic E-state index is 1.17. The Kier molecular flexibility index (Phi) is 6.60. The summed E-state index contributed by atoms with van der Waals surface area (Å²) >= 11 is 1.90. The van der Waals surface area contributed by atoms with Gasteiger partial charge in [0.2, 0.25) is 0 Å². The van der Waals surface area contributed by atoms with Crippen molar-refractivity contribution >= 4 is 66.1 Å². The predicted molar refractivity (Wildman–Crippen MR) is 233 cm³/mol. The second kappa shape index (κ2) is 11.8. The van der Waals surface area contributed by atoms with Gasteiger partial charge in [0.1, 0.15) is 0 Å². The molecule has 12 rings (SSSR count). The van der Waals surface area contributed by atoms with Crippen molar-refractivity contribution in [2.24, 2.45) is 0 Å². The molecule has 256 valence electrons. The van der Waals surface area contributed by atoms with Crippen LogP contribution >= 0.6 is 11.8 Å². The Morgan fingerprint density at radius 2 is 0.891 bits per heavy atom. The maximum Gasteiger partial charge on any atom is 0.0558 e. The van der Waals surface area contributed by atoms with Gasteiger partial charge in [-0.25, -0.2) is 0 Å². The molecule has 0 radical (unpaired) electrons. The van der Waals surface area contributed by atoms with Gasteiger partial charge in [-0.05, 0) is 105 Å². The lowest BCUT2D eigenvalue weighted by molar-refractivity contribution is 1.18. The first-order chi connectivity index (χ1) is 27.3. The molecule has 0 aliphatic carbocycles. The Morgan fingerprint density at radius 3 is 1.75 bits per heavy atom. The van der Waals surface area contributed by atoms with Crippen molar-refractivity contribution in [3.05, 3.63) is 194 Å². The monoisotopic (exact) mass is 716 g/mol. The van der Waals surface area contributed by atoms with Gasteiger partial charge in [-0.1, -0.05) is 139 Å². The van der Waals surface area contributed by atoms with Gasteiger partial charge < -0.3 is 9.13 Å². The first-order valence-corrected chi connectivity index (χ1v) is 19.7. The molecule has 0 saturated carbocycles. The van der Waals surface area contributed by atoms with E-state index < -0.39 is 0 Å². The molecule has 55 heavy (non-hydrogen) atoms. The van der Waals surface area contributed by atoms with Crippen LogP contribution < -0.4 is 0 Å². The largest absolute Gasteiger partial charge is 0.309 e. The van der Waals surface area contributed by atoms with Crippen LogP contribution in [0, 0.1) is 0 Å². The van der Waals surface area contributed by atoms with Crippen LogP contribution in [0.5, 0.6) is 0 Å². The van der Waals surface area contributed by atoms with Crippen LogP contribution in [0.4, 0.5) is 0 Å². The van der Waals surface area contributed by atoms with E-state index in [1.54, 1.807) is 0 Å². The molecule has 0 spiro atoms. The molecule has 0 amide bonds. The molecular weight excluding hydrogens is 685 g/mol. The molecule has 0 saturated heterocycles. The summed E-state index contributed by atoms with van der Waals surface area (Å²) in [6.07, 6.45) is 0. The molecule has 0 unspecified atom stereocenters. The smallest absolute Gasteiger partial charge is 0.0558 e. The lowest BCUT2D eigenvalue weighted by Gasteiger charge is -2.22. The van der Waals surface area contributed by atoms with Crippen LogP contribution in [0.3, 0.4) is 0 Å². The highest BCUT2D eigenvalue weighted by molar-refractivity contribution is 7.99. The second-order valence-corrected chi connectivity index (χ2v) is 15.6. The third-order valence-electron chi connectivity index (χ3n) is 11.5. The molecule has 3 heterocycles. The maximum atomic E-state index is 2.46. The zero-order valence-electron chi connectivity index (χ0n) is 29.8. The lowest BCUT2D eigenvalue weighted by atomic mass is 9.92. The van der Waals surface area contributed by atoms with E-state index in [2.05, 4.69) is 203 Å². The molecule has 3 heteroatoms. The molecule has 2 aromatic heterocycles. The van der Waals surface area contributed by atoms with Crippen molar-refractivity contribution in [3.8, 4) is 44.8 Å². The highest BCUT2D eigenvalue weighted by Crippen LogP contribution is 2.52. The van der Waals surface area contributed by atoms with E-state index >= 15 is 0 Å². The van der Waals surface area contributed by atoms with Gasteiger partial charge in [-0.15, -0.1) is 0 Å². The first-order valence-electron chi connectivity index (χ1n) is 18.8. The summed E-state index contributed by atoms with van der Waals surface area (Å²) in [5.74, 6) is 0. The van der Waals surface area contributed by atoms with Gasteiger partial charge in [0, 0.05) is 48.1 Å². The fourth-order valence-electron chi connectivity index (χ4n) is 9.08. The Morgan fingerprint density at radius 1 is 0.291 bits per heavy atom. The number of hydrogen-bond acceptors (Lipinski definition) is 1. The van der Waals surface area contributed by atoms with Crippen molar-refractivity contribution in [1.29, 1.82) is 0 Å². The van der Waals surface area contributed by atoms with Crippen molar-refractivity contribution in [3.63, 3.8) is 0 Å². The van der Waals surface area contributed by atoms with Crippen molar-refractivity contribution in [2.45, 2.75) is 9.79 Å². The number of nitrogens with zero attached hydrogens (tertiary/aromatic N) is 2. The minimum Gasteiger partial charge on any atom is -0.309 e. The summed E-state index contributed by atoms with van der Waals surface area (Å²) in [6.45, 7) is 0. The topological polar surface area (TPSA) is 9.86 Å². The Hall–Kier alpha value is -6.81. The standard InChI is InChI=1S/C52H32N2S/c1-3-13-33(14-4-1)34-15-11-18-38(29-34)54-46-24-10-8-20-41(46)51-42-22-12-21-40-44-31-36(26-28-49(44)55-50(52(40)42)32-48(51)54)35-25-27-47-43(30-35)39-19-7-9-23-45(39)53(47)37-16-5-2-6-17-37/h1-32H. The zero-order valence-corrected chi connectivity index (χ0v) is 30.6. The number of rotatable bonds is 4. The summed E-state index contributed by atoms with van der Waals surface area (Å²) in [5.41, 5.74) is 14.7.